The van der Waals surface area contributed by atoms with Gasteiger partial charge in [0, 0.05) is 12.8 Å². The summed E-state index contributed by atoms with van der Waals surface area (Å²) in [5.74, 6) is 1.08. The highest BCUT2D eigenvalue weighted by Gasteiger charge is 2.12. The summed E-state index contributed by atoms with van der Waals surface area (Å²) in [7, 11) is 0. The number of Topliss-reactive ketones (excluding diaryl/α,β-unsaturated/α-hetero) is 1. The fourth-order valence-corrected chi connectivity index (χ4v) is 3.36. The molecular weight excluding hydrogens is 320 g/mol. The summed E-state index contributed by atoms with van der Waals surface area (Å²) in [6, 6.07) is 14.8. The number of hydrogen-bond acceptors (Lipinski definition) is 2. The predicted octanol–water partition coefficient (Wildman–Crippen LogP) is 5.72. The predicted molar refractivity (Wildman–Crippen MR) is 110 cm³/mol. The van der Waals surface area contributed by atoms with Crippen molar-refractivity contribution in [2.45, 2.75) is 59.0 Å². The standard InChI is InChI=1S/C24H32O2/c1-4-23(25)17-20(15-18(2)3)11-14-24(26)13-10-19-9-12-21-7-5-6-8-22(21)16-19/h5-9,11-12,14,16,18,20,24,26H,4,10,13,15,17H2,1-3H3/b14-11+/t20-,24-/m0/s1. The Balaban J connectivity index is 1.91. The van der Waals surface area contributed by atoms with Gasteiger partial charge < -0.3 is 5.11 Å². The third kappa shape index (κ3) is 6.76. The number of aryl methyl sites for hydroxylation is 1. The largest absolute Gasteiger partial charge is 0.389 e. The topological polar surface area (TPSA) is 37.3 Å². The first-order valence-corrected chi connectivity index (χ1v) is 9.83. The highest BCUT2D eigenvalue weighted by molar-refractivity contribution is 5.83. The lowest BCUT2D eigenvalue weighted by atomic mass is 9.91. The van der Waals surface area contributed by atoms with Crippen molar-refractivity contribution in [3.63, 3.8) is 0 Å². The average Bonchev–Trinajstić information content (AvgIpc) is 2.63. The van der Waals surface area contributed by atoms with Crippen LogP contribution in [0.15, 0.2) is 54.6 Å². The maximum atomic E-state index is 11.8. The SMILES string of the molecule is CCC(=O)C[C@@H](/C=C/[C@@H](O)CCc1ccc2ccccc2c1)CC(C)C. The summed E-state index contributed by atoms with van der Waals surface area (Å²) in [4.78, 5) is 11.8. The van der Waals surface area contributed by atoms with Gasteiger partial charge in [-0.25, -0.2) is 0 Å². The number of allylic oxidation sites excluding steroid dienone is 1. The van der Waals surface area contributed by atoms with Gasteiger partial charge in [0.2, 0.25) is 0 Å². The van der Waals surface area contributed by atoms with Gasteiger partial charge >= 0.3 is 0 Å². The molecule has 0 radical (unpaired) electrons. The molecule has 26 heavy (non-hydrogen) atoms. The lowest BCUT2D eigenvalue weighted by Gasteiger charge is -2.15. The fraction of sp³-hybridized carbons (Fsp3) is 0.458. The number of carbonyl (C=O) groups is 1. The number of ketones is 1. The molecule has 1 N–H and O–H groups in total. The van der Waals surface area contributed by atoms with Gasteiger partial charge in [-0.1, -0.05) is 75.4 Å². The molecule has 0 unspecified atom stereocenters. The van der Waals surface area contributed by atoms with Crippen LogP contribution in [0.3, 0.4) is 0 Å². The molecule has 0 amide bonds. The van der Waals surface area contributed by atoms with Crippen molar-refractivity contribution >= 4 is 16.6 Å². The minimum atomic E-state index is -0.465. The van der Waals surface area contributed by atoms with Crippen LogP contribution in [-0.2, 0) is 11.2 Å². The smallest absolute Gasteiger partial charge is 0.133 e. The van der Waals surface area contributed by atoms with Gasteiger partial charge in [-0.3, -0.25) is 4.79 Å². The molecular formula is C24H32O2. The van der Waals surface area contributed by atoms with Gasteiger partial charge in [0.1, 0.15) is 5.78 Å². The van der Waals surface area contributed by atoms with Gasteiger partial charge in [-0.05, 0) is 47.4 Å². The summed E-state index contributed by atoms with van der Waals surface area (Å²) in [5.41, 5.74) is 1.25. The third-order valence-electron chi connectivity index (χ3n) is 4.81. The molecule has 140 valence electrons. The van der Waals surface area contributed by atoms with E-state index in [0.717, 1.165) is 12.8 Å². The van der Waals surface area contributed by atoms with Gasteiger partial charge in [0.15, 0.2) is 0 Å². The first-order valence-electron chi connectivity index (χ1n) is 9.83. The monoisotopic (exact) mass is 352 g/mol. The van der Waals surface area contributed by atoms with E-state index >= 15 is 0 Å². The van der Waals surface area contributed by atoms with Crippen molar-refractivity contribution in [3.8, 4) is 0 Å². The zero-order valence-corrected chi connectivity index (χ0v) is 16.3. The molecule has 0 aliphatic carbocycles. The Hall–Kier alpha value is -1.93. The van der Waals surface area contributed by atoms with Crippen LogP contribution in [0, 0.1) is 11.8 Å². The van der Waals surface area contributed by atoms with Crippen LogP contribution < -0.4 is 0 Å². The maximum Gasteiger partial charge on any atom is 0.133 e. The van der Waals surface area contributed by atoms with E-state index in [1.165, 1.54) is 16.3 Å². The van der Waals surface area contributed by atoms with Crippen LogP contribution in [0.1, 0.15) is 52.0 Å². The molecule has 0 heterocycles. The zero-order chi connectivity index (χ0) is 18.9. The first-order chi connectivity index (χ1) is 12.5. The second kappa shape index (κ2) is 10.3. The zero-order valence-electron chi connectivity index (χ0n) is 16.3. The number of carbonyl (C=O) groups excluding carboxylic acids is 1. The van der Waals surface area contributed by atoms with Gasteiger partial charge in [-0.15, -0.1) is 0 Å². The van der Waals surface area contributed by atoms with Crippen molar-refractivity contribution in [3.05, 3.63) is 60.2 Å². The Labute approximate surface area is 157 Å². The van der Waals surface area contributed by atoms with E-state index in [4.69, 9.17) is 0 Å². The molecule has 0 aliphatic rings. The molecule has 0 saturated heterocycles. The van der Waals surface area contributed by atoms with E-state index in [0.29, 0.717) is 31.0 Å². The van der Waals surface area contributed by atoms with Crippen molar-refractivity contribution in [1.82, 2.24) is 0 Å². The first kappa shape index (κ1) is 20.4. The van der Waals surface area contributed by atoms with E-state index in [9.17, 15) is 9.90 Å². The lowest BCUT2D eigenvalue weighted by Crippen LogP contribution is -2.10. The fourth-order valence-electron chi connectivity index (χ4n) is 3.36. The van der Waals surface area contributed by atoms with Crippen LogP contribution in [-0.4, -0.2) is 17.0 Å². The molecule has 0 aromatic heterocycles. The number of hydrogen-bond donors (Lipinski definition) is 1. The van der Waals surface area contributed by atoms with Crippen molar-refractivity contribution in [2.75, 3.05) is 0 Å². The number of benzene rings is 2. The van der Waals surface area contributed by atoms with Crippen molar-refractivity contribution < 1.29 is 9.90 Å². The molecule has 2 aromatic carbocycles. The summed E-state index contributed by atoms with van der Waals surface area (Å²) >= 11 is 0. The second-order valence-corrected chi connectivity index (χ2v) is 7.66. The van der Waals surface area contributed by atoms with Crippen LogP contribution in [0.2, 0.25) is 0 Å². The summed E-state index contributed by atoms with van der Waals surface area (Å²) < 4.78 is 0. The molecule has 0 spiro atoms. The number of aliphatic hydroxyl groups is 1. The Kier molecular flexibility index (Phi) is 8.06. The maximum absolute atomic E-state index is 11.8. The lowest BCUT2D eigenvalue weighted by molar-refractivity contribution is -0.119. The molecule has 2 rings (SSSR count). The van der Waals surface area contributed by atoms with Crippen LogP contribution >= 0.6 is 0 Å². The average molecular weight is 353 g/mol. The molecule has 0 aliphatic heterocycles. The van der Waals surface area contributed by atoms with Crippen LogP contribution in [0.25, 0.3) is 10.8 Å². The quantitative estimate of drug-likeness (QED) is 0.555. The molecule has 2 nitrogen and oxygen atoms in total. The van der Waals surface area contributed by atoms with E-state index in [2.05, 4.69) is 56.3 Å². The van der Waals surface area contributed by atoms with Crippen molar-refractivity contribution in [2.24, 2.45) is 11.8 Å². The molecule has 2 atom stereocenters. The highest BCUT2D eigenvalue weighted by atomic mass is 16.3. The Morgan fingerprint density at radius 3 is 2.50 bits per heavy atom. The summed E-state index contributed by atoms with van der Waals surface area (Å²) in [6.07, 6.45) is 7.18. The van der Waals surface area contributed by atoms with Crippen LogP contribution in [0.4, 0.5) is 0 Å². The van der Waals surface area contributed by atoms with Gasteiger partial charge in [-0.2, -0.15) is 0 Å². The van der Waals surface area contributed by atoms with E-state index in [1.807, 2.05) is 19.1 Å². The third-order valence-corrected chi connectivity index (χ3v) is 4.81. The highest BCUT2D eigenvalue weighted by Crippen LogP contribution is 2.20. The van der Waals surface area contributed by atoms with E-state index in [1.54, 1.807) is 0 Å². The Bertz CT molecular complexity index is 730. The minimum absolute atomic E-state index is 0.234. The van der Waals surface area contributed by atoms with E-state index < -0.39 is 6.10 Å². The number of aliphatic hydroxyl groups excluding tert-OH is 1. The van der Waals surface area contributed by atoms with Crippen LogP contribution in [0.5, 0.6) is 0 Å². The number of fused-ring (bicyclic) bond motifs is 1. The normalized spacial score (nSPS) is 14.2. The second-order valence-electron chi connectivity index (χ2n) is 7.66. The molecule has 0 fully saturated rings. The Morgan fingerprint density at radius 1 is 1.08 bits per heavy atom. The minimum Gasteiger partial charge on any atom is -0.389 e. The van der Waals surface area contributed by atoms with Crippen molar-refractivity contribution in [1.29, 1.82) is 0 Å². The summed E-state index contributed by atoms with van der Waals surface area (Å²) in [6.45, 7) is 6.26. The number of rotatable bonds is 10. The molecule has 0 bridgehead atoms. The van der Waals surface area contributed by atoms with Gasteiger partial charge in [0.05, 0.1) is 6.10 Å². The van der Waals surface area contributed by atoms with Gasteiger partial charge in [0.25, 0.3) is 0 Å². The Morgan fingerprint density at radius 2 is 1.81 bits per heavy atom. The molecule has 2 heteroatoms. The summed E-state index contributed by atoms with van der Waals surface area (Å²) in [5, 5.41) is 12.8. The molecule has 2 aromatic rings. The van der Waals surface area contributed by atoms with E-state index in [-0.39, 0.29) is 5.92 Å². The molecule has 0 saturated carbocycles.